The molecule has 0 aliphatic carbocycles. The second-order valence-corrected chi connectivity index (χ2v) is 31.7. The van der Waals surface area contributed by atoms with Crippen LogP contribution in [0.2, 0.25) is 22.2 Å². The number of hydrogen-bond donors (Lipinski definition) is 3. The Kier molecular flexibility index (Phi) is 16.6. The summed E-state index contributed by atoms with van der Waals surface area (Å²) < 4.78 is 91.9. The van der Waals surface area contributed by atoms with Crippen molar-refractivity contribution in [2.45, 2.75) is 134 Å². The van der Waals surface area contributed by atoms with Crippen molar-refractivity contribution in [2.24, 2.45) is 5.92 Å². The largest absolute Gasteiger partial charge is 0.414 e. The van der Waals surface area contributed by atoms with Crippen LogP contribution in [-0.4, -0.2) is 112 Å². The minimum atomic E-state index is -4.13. The Bertz CT molecular complexity index is 2910. The van der Waals surface area contributed by atoms with Gasteiger partial charge in [-0.25, -0.2) is 24.3 Å². The number of H-pyrrole nitrogens is 1. The van der Waals surface area contributed by atoms with Gasteiger partial charge >= 0.3 is 32.1 Å². The third-order valence-corrected chi connectivity index (χ3v) is 26.4. The Hall–Kier alpha value is -4.01. The second-order valence-electron chi connectivity index (χ2n) is 19.1. The maximum atomic E-state index is 15.9. The molecule has 1 aromatic carbocycles. The van der Waals surface area contributed by atoms with E-state index in [1.165, 1.54) is 17.2 Å². The van der Waals surface area contributed by atoms with Crippen LogP contribution in [0.1, 0.15) is 91.5 Å². The topological polar surface area (TPSA) is 268 Å². The van der Waals surface area contributed by atoms with Crippen molar-refractivity contribution in [3.8, 4) is 6.07 Å². The molecule has 72 heavy (non-hydrogen) atoms. The average Bonchev–Trinajstić information content (AvgIpc) is 4.08. The first-order valence-electron chi connectivity index (χ1n) is 23.7. The van der Waals surface area contributed by atoms with Gasteiger partial charge in [-0.1, -0.05) is 80.5 Å². The molecule has 10 atom stereocenters. The molecule has 7 heterocycles. The van der Waals surface area contributed by atoms with Gasteiger partial charge in [0.1, 0.15) is 48.5 Å². The zero-order chi connectivity index (χ0) is 51.9. The summed E-state index contributed by atoms with van der Waals surface area (Å²) >= 11 is 6.20. The van der Waals surface area contributed by atoms with E-state index >= 15 is 4.39 Å². The molecule has 0 bridgehead atoms. The number of halogens is 1. The third kappa shape index (κ3) is 10.5. The summed E-state index contributed by atoms with van der Waals surface area (Å²) in [5.41, 5.74) is -0.106. The van der Waals surface area contributed by atoms with Crippen molar-refractivity contribution in [2.75, 3.05) is 25.1 Å². The predicted molar refractivity (Wildman–Crippen MR) is 268 cm³/mol. The Morgan fingerprint density at radius 3 is 2.38 bits per heavy atom. The van der Waals surface area contributed by atoms with Gasteiger partial charge in [0, 0.05) is 17.7 Å². The molecule has 5 aromatic rings. The van der Waals surface area contributed by atoms with Crippen LogP contribution in [0, 0.1) is 23.1 Å². The van der Waals surface area contributed by atoms with E-state index in [9.17, 15) is 24.3 Å². The number of aromatic amines is 1. The Labute approximate surface area is 422 Å². The van der Waals surface area contributed by atoms with Gasteiger partial charge in [0.25, 0.3) is 11.5 Å². The van der Waals surface area contributed by atoms with Crippen LogP contribution in [0.4, 0.5) is 10.2 Å². The van der Waals surface area contributed by atoms with Crippen molar-refractivity contribution in [3.63, 3.8) is 0 Å². The molecule has 0 saturated carbocycles. The highest BCUT2D eigenvalue weighted by Gasteiger charge is 2.63. The number of amides is 1. The molecule has 390 valence electrons. The molecule has 8 rings (SSSR count). The number of fused-ring (bicyclic) bond motifs is 3. The molecule has 22 nitrogen and oxygen atoms in total. The van der Waals surface area contributed by atoms with Gasteiger partial charge in [0.05, 0.1) is 45.0 Å². The van der Waals surface area contributed by atoms with Gasteiger partial charge < -0.3 is 55.8 Å². The van der Waals surface area contributed by atoms with E-state index in [0.29, 0.717) is 5.56 Å². The van der Waals surface area contributed by atoms with E-state index in [4.69, 9.17) is 52.3 Å². The molecule has 3 aliphatic rings. The number of carbonyl (C=O) groups is 1. The second kappa shape index (κ2) is 22.1. The summed E-state index contributed by atoms with van der Waals surface area (Å²) in [7, 11) is -10.1. The van der Waals surface area contributed by atoms with E-state index < -0.39 is 105 Å². The van der Waals surface area contributed by atoms with Gasteiger partial charge in [-0.15, -0.1) is 0 Å². The van der Waals surface area contributed by atoms with Gasteiger partial charge in [-0.05, 0) is 46.1 Å². The minimum absolute atomic E-state index is 0.00120. The number of imidazole rings is 1. The first kappa shape index (κ1) is 54.3. The number of carbonyl (C=O) groups excluding carboxylic acids is 1. The van der Waals surface area contributed by atoms with Crippen LogP contribution in [0.25, 0.3) is 22.2 Å². The van der Waals surface area contributed by atoms with Crippen molar-refractivity contribution in [1.82, 2.24) is 34.1 Å². The van der Waals surface area contributed by atoms with Crippen LogP contribution >= 0.6 is 15.0 Å². The Balaban J connectivity index is 1.15. The lowest BCUT2D eigenvalue weighted by Gasteiger charge is -2.51. The Morgan fingerprint density at radius 1 is 1.00 bits per heavy atom. The van der Waals surface area contributed by atoms with Crippen molar-refractivity contribution in [3.05, 3.63) is 77.2 Å². The highest BCUT2D eigenvalue weighted by molar-refractivity contribution is 8.07. The average molecular weight is 1090 g/mol. The minimum Gasteiger partial charge on any atom is -0.414 e. The number of nitrogens with zero attached hydrogens (tertiary/aromatic N) is 7. The molecule has 2 unspecified atom stereocenters. The molecule has 3 aliphatic heterocycles. The Morgan fingerprint density at radius 2 is 1.71 bits per heavy atom. The maximum absolute atomic E-state index is 15.9. The zero-order valence-corrected chi connectivity index (χ0v) is 45.9. The lowest BCUT2D eigenvalue weighted by molar-refractivity contribution is -0.0583. The van der Waals surface area contributed by atoms with E-state index in [1.54, 1.807) is 41.8 Å². The van der Waals surface area contributed by atoms with Crippen LogP contribution in [0.15, 0.2) is 60.3 Å². The molecule has 4 aromatic heterocycles. The molecular weight excluding hydrogens is 1030 g/mol. The van der Waals surface area contributed by atoms with Crippen molar-refractivity contribution >= 4 is 77.8 Å². The molecule has 0 spiro atoms. The van der Waals surface area contributed by atoms with Crippen LogP contribution in [-0.2, 0) is 56.9 Å². The van der Waals surface area contributed by atoms with Gasteiger partial charge in [-0.2, -0.15) is 5.26 Å². The molecule has 28 heteroatoms. The van der Waals surface area contributed by atoms with Crippen LogP contribution < -0.4 is 10.9 Å². The van der Waals surface area contributed by atoms with Crippen LogP contribution in [0.3, 0.4) is 0 Å². The van der Waals surface area contributed by atoms with Gasteiger partial charge in [0.2, 0.25) is 0 Å². The fourth-order valence-electron chi connectivity index (χ4n) is 9.85. The summed E-state index contributed by atoms with van der Waals surface area (Å²) in [4.78, 5) is 56.2. The fourth-order valence-corrected chi connectivity index (χ4v) is 23.7. The normalized spacial score (nSPS) is 26.5. The first-order valence-corrected chi connectivity index (χ1v) is 31.4. The van der Waals surface area contributed by atoms with E-state index in [-0.39, 0.29) is 69.8 Å². The number of ether oxygens (including phenoxy) is 2. The van der Waals surface area contributed by atoms with Crippen molar-refractivity contribution < 1.29 is 59.2 Å². The summed E-state index contributed by atoms with van der Waals surface area (Å²) in [5.74, 6) is -1.80. The SMILES string of the molecule is CC(C)[Si]1(C(C)C)OC[C@H]2O[C@@H](n3cc(F)c4c(=O)[nH]cnc43)[C@H](OP(=S)(OCCC#N)OC[C@H]3O[C@@H](n4cnc5c(NC(=O)c6ccccc6)ncnc54)[C@H](C)[C@@H]3O[PH](=O)O)[C@@H]2O[Si](C(C)C)(C(C)C)O1. The number of benzene rings is 1. The number of nitriles is 1. The van der Waals surface area contributed by atoms with Gasteiger partial charge in [0.15, 0.2) is 34.7 Å². The van der Waals surface area contributed by atoms with E-state index in [0.717, 1.165) is 12.5 Å². The van der Waals surface area contributed by atoms with Gasteiger partial charge in [-0.3, -0.25) is 23.2 Å². The summed E-state index contributed by atoms with van der Waals surface area (Å²) in [6.07, 6.45) is -2.75. The number of nitrogens with one attached hydrogen (secondary N) is 2. The van der Waals surface area contributed by atoms with E-state index in [1.807, 2.05) is 33.8 Å². The van der Waals surface area contributed by atoms with Crippen molar-refractivity contribution in [1.29, 1.82) is 5.26 Å². The smallest absolute Gasteiger partial charge is 0.335 e. The summed E-state index contributed by atoms with van der Waals surface area (Å²) in [5, 5.41) is 12.1. The zero-order valence-electron chi connectivity index (χ0n) is 41.2. The molecule has 0 radical (unpaired) electrons. The number of rotatable bonds is 18. The predicted octanol–water partition coefficient (Wildman–Crippen LogP) is 7.67. The standard InChI is InChI=1S/C44H60FN9O13P2SSi2/c1-24(2)71(25(3)4)61-20-32-36(66-72(67-71,26(5)6)27(7)8)37(44(63-32)53-18-30(45)33-39(53)48-22-50-42(33)56)65-69(70,59-17-13-16-46)60-19-31-35(64-68(57)58)28(9)43(62-31)54-23-51-34-38(47-21-49-40(34)54)52-41(55)29-14-11-10-12-15-29/h10-12,14-15,18,21-28,31-32,35-37,43-44,68H,13,17,19-20H2,1-9H3,(H,57,58)(H,48,50,56)(H,47,49,52,55)/t28-,31-,32-,35+,36-,37-,43-,44-,69?/m1/s1. The quantitative estimate of drug-likeness (QED) is 0.0431. The molecular formula is C44H60FN9O13P2SSi2. The van der Waals surface area contributed by atoms with E-state index in [2.05, 4.69) is 57.9 Å². The van der Waals surface area contributed by atoms with Crippen LogP contribution in [0.5, 0.6) is 0 Å². The molecule has 3 N–H and O–H groups in total. The highest BCUT2D eigenvalue weighted by atomic mass is 32.5. The monoisotopic (exact) mass is 1090 g/mol. The number of aromatic nitrogens is 7. The molecule has 3 saturated heterocycles. The maximum Gasteiger partial charge on any atom is 0.335 e. The summed E-state index contributed by atoms with van der Waals surface area (Å²) in [6, 6.07) is 10.6. The lowest BCUT2D eigenvalue weighted by Crippen LogP contribution is -2.65. The highest BCUT2D eigenvalue weighted by Crippen LogP contribution is 2.57. The first-order chi connectivity index (χ1) is 34.2. The third-order valence-electron chi connectivity index (χ3n) is 13.4. The molecule has 1 amide bonds. The fraction of sp³-hybridized carbons (Fsp3) is 0.568. The number of anilines is 1. The lowest BCUT2D eigenvalue weighted by atomic mass is 10.0. The number of hydrogen-bond acceptors (Lipinski definition) is 18. The summed E-state index contributed by atoms with van der Waals surface area (Å²) in [6.45, 7) is 13.5. The molecule has 3 fully saturated rings.